The minimum atomic E-state index is -0.123. The number of carbonyl (C=O) groups excluding carboxylic acids is 2. The smallest absolute Gasteiger partial charge is 0.317 e. The summed E-state index contributed by atoms with van der Waals surface area (Å²) in [6.45, 7) is 4.08. The summed E-state index contributed by atoms with van der Waals surface area (Å²) in [6.07, 6.45) is 3.94. The Bertz CT molecular complexity index is 806. The highest BCUT2D eigenvalue weighted by Gasteiger charge is 2.32. The van der Waals surface area contributed by atoms with Gasteiger partial charge in [0.15, 0.2) is 0 Å². The first-order valence-corrected chi connectivity index (χ1v) is 9.71. The molecule has 1 unspecified atom stereocenters. The molecule has 2 saturated heterocycles. The van der Waals surface area contributed by atoms with Crippen LogP contribution in [0.1, 0.15) is 12.0 Å². The maximum atomic E-state index is 12.6. The van der Waals surface area contributed by atoms with E-state index in [0.29, 0.717) is 32.6 Å². The van der Waals surface area contributed by atoms with Crippen LogP contribution < -0.4 is 10.2 Å². The molecule has 1 aromatic heterocycles. The second-order valence-electron chi connectivity index (χ2n) is 7.29. The Balaban J connectivity index is 1.26. The topological polar surface area (TPSA) is 68.8 Å². The molecule has 146 valence electrons. The number of pyridine rings is 1. The Kier molecular flexibility index (Phi) is 5.41. The quantitative estimate of drug-likeness (QED) is 0.878. The van der Waals surface area contributed by atoms with Crippen LogP contribution in [0.4, 0.5) is 10.5 Å². The average molecular weight is 379 g/mol. The molecule has 0 saturated carbocycles. The third-order valence-electron chi connectivity index (χ3n) is 5.35. The van der Waals surface area contributed by atoms with Gasteiger partial charge < -0.3 is 20.0 Å². The van der Waals surface area contributed by atoms with Gasteiger partial charge in [-0.1, -0.05) is 30.3 Å². The second kappa shape index (κ2) is 8.29. The molecule has 0 radical (unpaired) electrons. The van der Waals surface area contributed by atoms with E-state index in [9.17, 15) is 9.59 Å². The SMILES string of the molecule is O=C1CC(NC(=O)N2CCN(c3ccncc3)CC2)CN1Cc1ccccc1. The van der Waals surface area contributed by atoms with E-state index in [1.54, 1.807) is 12.4 Å². The minimum Gasteiger partial charge on any atom is -0.368 e. The highest BCUT2D eigenvalue weighted by atomic mass is 16.2. The number of carbonyl (C=O) groups is 2. The number of anilines is 1. The van der Waals surface area contributed by atoms with Crippen molar-refractivity contribution in [3.8, 4) is 0 Å². The summed E-state index contributed by atoms with van der Waals surface area (Å²) >= 11 is 0. The number of rotatable bonds is 4. The summed E-state index contributed by atoms with van der Waals surface area (Å²) in [5.74, 6) is 0.0941. The fraction of sp³-hybridized carbons (Fsp3) is 0.381. The number of piperazine rings is 1. The average Bonchev–Trinajstić information content (AvgIpc) is 3.08. The molecular formula is C21H25N5O2. The van der Waals surface area contributed by atoms with Crippen LogP contribution in [-0.2, 0) is 11.3 Å². The van der Waals surface area contributed by atoms with Crippen molar-refractivity contribution >= 4 is 17.6 Å². The van der Waals surface area contributed by atoms with Crippen molar-refractivity contribution in [3.63, 3.8) is 0 Å². The maximum Gasteiger partial charge on any atom is 0.317 e. The molecule has 4 rings (SSSR count). The number of hydrogen-bond donors (Lipinski definition) is 1. The van der Waals surface area contributed by atoms with Crippen LogP contribution in [0.25, 0.3) is 0 Å². The molecule has 0 bridgehead atoms. The number of aromatic nitrogens is 1. The van der Waals surface area contributed by atoms with E-state index >= 15 is 0 Å². The Hall–Kier alpha value is -3.09. The van der Waals surface area contributed by atoms with Crippen molar-refractivity contribution in [2.75, 3.05) is 37.6 Å². The summed E-state index contributed by atoms with van der Waals surface area (Å²) in [4.78, 5) is 34.9. The molecule has 2 fully saturated rings. The molecule has 0 aliphatic carbocycles. The summed E-state index contributed by atoms with van der Waals surface area (Å²) in [5.41, 5.74) is 2.24. The molecule has 7 heteroatoms. The highest BCUT2D eigenvalue weighted by Crippen LogP contribution is 2.17. The van der Waals surface area contributed by atoms with Crippen molar-refractivity contribution in [2.24, 2.45) is 0 Å². The molecule has 3 heterocycles. The predicted octanol–water partition coefficient (Wildman–Crippen LogP) is 1.71. The van der Waals surface area contributed by atoms with Crippen molar-refractivity contribution in [3.05, 3.63) is 60.4 Å². The van der Waals surface area contributed by atoms with Crippen molar-refractivity contribution < 1.29 is 9.59 Å². The zero-order valence-corrected chi connectivity index (χ0v) is 15.8. The first-order valence-electron chi connectivity index (χ1n) is 9.71. The molecule has 1 aromatic carbocycles. The van der Waals surface area contributed by atoms with Crippen LogP contribution >= 0.6 is 0 Å². The number of likely N-dealkylation sites (tertiary alicyclic amines) is 1. The van der Waals surface area contributed by atoms with Gasteiger partial charge in [0.25, 0.3) is 0 Å². The number of nitrogens with one attached hydrogen (secondary N) is 1. The van der Waals surface area contributed by atoms with Crippen LogP contribution in [0.3, 0.4) is 0 Å². The van der Waals surface area contributed by atoms with E-state index < -0.39 is 0 Å². The number of urea groups is 1. The fourth-order valence-corrected chi connectivity index (χ4v) is 3.81. The molecule has 1 atom stereocenters. The fourth-order valence-electron chi connectivity index (χ4n) is 3.81. The molecule has 28 heavy (non-hydrogen) atoms. The zero-order valence-electron chi connectivity index (χ0n) is 15.8. The normalized spacial score (nSPS) is 19.8. The Morgan fingerprint density at radius 1 is 1.04 bits per heavy atom. The Morgan fingerprint density at radius 2 is 1.75 bits per heavy atom. The number of benzene rings is 1. The van der Waals surface area contributed by atoms with Crippen LogP contribution in [-0.4, -0.2) is 65.5 Å². The van der Waals surface area contributed by atoms with Crippen molar-refractivity contribution in [1.29, 1.82) is 0 Å². The molecule has 7 nitrogen and oxygen atoms in total. The summed E-state index contributed by atoms with van der Waals surface area (Å²) in [7, 11) is 0. The molecule has 1 N–H and O–H groups in total. The lowest BCUT2D eigenvalue weighted by Crippen LogP contribution is -2.53. The highest BCUT2D eigenvalue weighted by molar-refractivity contribution is 5.81. The first kappa shape index (κ1) is 18.3. The monoisotopic (exact) mass is 379 g/mol. The molecule has 0 spiro atoms. The lowest BCUT2D eigenvalue weighted by molar-refractivity contribution is -0.128. The largest absolute Gasteiger partial charge is 0.368 e. The summed E-state index contributed by atoms with van der Waals surface area (Å²) in [6, 6.07) is 13.7. The number of nitrogens with zero attached hydrogens (tertiary/aromatic N) is 4. The van der Waals surface area contributed by atoms with Gasteiger partial charge in [0, 0.05) is 63.8 Å². The van der Waals surface area contributed by atoms with Gasteiger partial charge in [0.2, 0.25) is 5.91 Å². The molecule has 2 aliphatic rings. The first-order chi connectivity index (χ1) is 13.7. The van der Waals surface area contributed by atoms with Gasteiger partial charge in [-0.2, -0.15) is 0 Å². The molecule has 2 aromatic rings. The summed E-state index contributed by atoms with van der Waals surface area (Å²) < 4.78 is 0. The van der Waals surface area contributed by atoms with Crippen LogP contribution in [0, 0.1) is 0 Å². The lowest BCUT2D eigenvalue weighted by Gasteiger charge is -2.36. The number of amides is 3. The molecule has 3 amide bonds. The van der Waals surface area contributed by atoms with Gasteiger partial charge in [-0.15, -0.1) is 0 Å². The maximum absolute atomic E-state index is 12.6. The van der Waals surface area contributed by atoms with Gasteiger partial charge in [-0.25, -0.2) is 4.79 Å². The van der Waals surface area contributed by atoms with E-state index in [-0.39, 0.29) is 18.0 Å². The van der Waals surface area contributed by atoms with Gasteiger partial charge in [-0.05, 0) is 17.7 Å². The Labute approximate surface area is 164 Å². The standard InChI is InChI=1S/C21H25N5O2/c27-20-14-18(16-26(20)15-17-4-2-1-3-5-17)23-21(28)25-12-10-24(11-13-25)19-6-8-22-9-7-19/h1-9,18H,10-16H2,(H,23,28). The van der Waals surface area contributed by atoms with Gasteiger partial charge >= 0.3 is 6.03 Å². The van der Waals surface area contributed by atoms with Gasteiger partial charge in [0.05, 0.1) is 6.04 Å². The van der Waals surface area contributed by atoms with Gasteiger partial charge in [0.1, 0.15) is 0 Å². The third kappa shape index (κ3) is 4.24. The zero-order chi connectivity index (χ0) is 19.3. The van der Waals surface area contributed by atoms with Gasteiger partial charge in [-0.3, -0.25) is 9.78 Å². The minimum absolute atomic E-state index is 0.0752. The van der Waals surface area contributed by atoms with E-state index in [4.69, 9.17) is 0 Å². The molecular weight excluding hydrogens is 354 g/mol. The second-order valence-corrected chi connectivity index (χ2v) is 7.29. The van der Waals surface area contributed by atoms with Crippen molar-refractivity contribution in [2.45, 2.75) is 19.0 Å². The van der Waals surface area contributed by atoms with E-state index in [1.165, 1.54) is 0 Å². The Morgan fingerprint density at radius 3 is 2.46 bits per heavy atom. The van der Waals surface area contributed by atoms with Crippen molar-refractivity contribution in [1.82, 2.24) is 20.1 Å². The van der Waals surface area contributed by atoms with Crippen LogP contribution in [0.15, 0.2) is 54.9 Å². The van der Waals surface area contributed by atoms with Crippen LogP contribution in [0.5, 0.6) is 0 Å². The molecule has 2 aliphatic heterocycles. The number of hydrogen-bond acceptors (Lipinski definition) is 4. The lowest BCUT2D eigenvalue weighted by atomic mass is 10.2. The third-order valence-corrected chi connectivity index (χ3v) is 5.35. The van der Waals surface area contributed by atoms with E-state index in [0.717, 1.165) is 24.3 Å². The summed E-state index contributed by atoms with van der Waals surface area (Å²) in [5, 5.41) is 3.05. The van der Waals surface area contributed by atoms with Crippen LogP contribution in [0.2, 0.25) is 0 Å². The van der Waals surface area contributed by atoms with E-state index in [1.807, 2.05) is 52.3 Å². The van der Waals surface area contributed by atoms with E-state index in [2.05, 4.69) is 15.2 Å². The predicted molar refractivity (Wildman–Crippen MR) is 107 cm³/mol.